The molecule has 0 saturated carbocycles. The van der Waals surface area contributed by atoms with Crippen LogP contribution in [-0.2, 0) is 0 Å². The molecule has 0 bridgehead atoms. The molecule has 0 aliphatic heterocycles. The minimum absolute atomic E-state index is 1.32. The summed E-state index contributed by atoms with van der Waals surface area (Å²) in [6.07, 6.45) is 0. The summed E-state index contributed by atoms with van der Waals surface area (Å²) in [5.41, 5.74) is 2.65. The number of rotatable bonds is 0. The molecule has 4 rings (SSSR count). The summed E-state index contributed by atoms with van der Waals surface area (Å²) < 4.78 is 0. The first-order chi connectivity index (χ1) is 11.7. The normalized spacial score (nSPS) is 9.67. The van der Waals surface area contributed by atoms with Gasteiger partial charge >= 0.3 is 0 Å². The first-order valence-corrected chi connectivity index (χ1v) is 8.63. The van der Waals surface area contributed by atoms with Gasteiger partial charge in [0.05, 0.1) is 0 Å². The van der Waals surface area contributed by atoms with Crippen molar-refractivity contribution in [3.63, 3.8) is 0 Å². The van der Waals surface area contributed by atoms with Crippen molar-refractivity contribution in [1.82, 2.24) is 0 Å². The van der Waals surface area contributed by atoms with Crippen LogP contribution in [0.15, 0.2) is 84.9 Å². The topological polar surface area (TPSA) is 0 Å². The van der Waals surface area contributed by atoms with Crippen LogP contribution < -0.4 is 0 Å². The standard InChI is InChI=1S/2C11H10.C2H6/c2*1-9-6-7-10-4-2-3-5-11(10)8-9;1-2/h2*2-8H,1H3;1-2H3. The molecule has 0 heteroatoms. The Labute approximate surface area is 145 Å². The molecular formula is C24H26. The SMILES string of the molecule is CC.Cc1ccc2ccccc2c1.Cc1ccc2ccccc2c1. The van der Waals surface area contributed by atoms with Gasteiger partial charge < -0.3 is 0 Å². The monoisotopic (exact) mass is 314 g/mol. The Hall–Kier alpha value is -2.60. The van der Waals surface area contributed by atoms with Gasteiger partial charge in [-0.05, 0) is 35.4 Å². The van der Waals surface area contributed by atoms with Gasteiger partial charge in [-0.15, -0.1) is 0 Å². The van der Waals surface area contributed by atoms with Crippen molar-refractivity contribution in [3.05, 3.63) is 96.1 Å². The number of hydrogen-bond acceptors (Lipinski definition) is 0. The Morgan fingerprint density at radius 2 is 0.750 bits per heavy atom. The second kappa shape index (κ2) is 8.88. The van der Waals surface area contributed by atoms with Crippen molar-refractivity contribution < 1.29 is 0 Å². The Bertz CT molecular complexity index is 826. The lowest BCUT2D eigenvalue weighted by atomic mass is 10.1. The van der Waals surface area contributed by atoms with Crippen molar-refractivity contribution in [1.29, 1.82) is 0 Å². The summed E-state index contributed by atoms with van der Waals surface area (Å²) in [6, 6.07) is 29.8. The molecule has 0 aliphatic rings. The maximum Gasteiger partial charge on any atom is -0.0181 e. The van der Waals surface area contributed by atoms with E-state index in [4.69, 9.17) is 0 Å². The molecule has 0 N–H and O–H groups in total. The molecule has 0 unspecified atom stereocenters. The molecule has 4 aromatic carbocycles. The van der Waals surface area contributed by atoms with E-state index >= 15 is 0 Å². The van der Waals surface area contributed by atoms with Gasteiger partial charge in [0.2, 0.25) is 0 Å². The predicted octanol–water partition coefficient (Wildman–Crippen LogP) is 7.32. The van der Waals surface area contributed by atoms with Crippen molar-refractivity contribution in [2.24, 2.45) is 0 Å². The van der Waals surface area contributed by atoms with Gasteiger partial charge in [0, 0.05) is 0 Å². The maximum absolute atomic E-state index is 2.20. The summed E-state index contributed by atoms with van der Waals surface area (Å²) in [7, 11) is 0. The summed E-state index contributed by atoms with van der Waals surface area (Å²) >= 11 is 0. The van der Waals surface area contributed by atoms with E-state index in [1.165, 1.54) is 32.7 Å². The Morgan fingerprint density at radius 3 is 1.12 bits per heavy atom. The van der Waals surface area contributed by atoms with E-state index in [1.54, 1.807) is 0 Å². The van der Waals surface area contributed by atoms with E-state index < -0.39 is 0 Å². The van der Waals surface area contributed by atoms with Crippen LogP contribution in [0.3, 0.4) is 0 Å². The number of hydrogen-bond donors (Lipinski definition) is 0. The number of aryl methyl sites for hydroxylation is 2. The zero-order valence-corrected chi connectivity index (χ0v) is 15.1. The van der Waals surface area contributed by atoms with Crippen LogP contribution in [0, 0.1) is 13.8 Å². The maximum atomic E-state index is 2.20. The summed E-state index contributed by atoms with van der Waals surface area (Å²) in [6.45, 7) is 8.24. The van der Waals surface area contributed by atoms with E-state index in [0.717, 1.165) is 0 Å². The van der Waals surface area contributed by atoms with Crippen molar-refractivity contribution in [2.45, 2.75) is 27.7 Å². The second-order valence-corrected chi connectivity index (χ2v) is 5.70. The molecule has 0 saturated heterocycles. The van der Waals surface area contributed by atoms with Crippen LogP contribution in [0.2, 0.25) is 0 Å². The molecule has 0 aromatic heterocycles. The molecule has 0 heterocycles. The third-order valence-electron chi connectivity index (χ3n) is 3.81. The van der Waals surface area contributed by atoms with Crippen molar-refractivity contribution in [2.75, 3.05) is 0 Å². The van der Waals surface area contributed by atoms with E-state index in [2.05, 4.69) is 98.8 Å². The van der Waals surface area contributed by atoms with Gasteiger partial charge in [-0.1, -0.05) is 110 Å². The van der Waals surface area contributed by atoms with Gasteiger partial charge in [-0.2, -0.15) is 0 Å². The highest BCUT2D eigenvalue weighted by Crippen LogP contribution is 2.15. The zero-order chi connectivity index (χ0) is 17.4. The molecule has 4 aromatic rings. The van der Waals surface area contributed by atoms with Crippen LogP contribution >= 0.6 is 0 Å². The summed E-state index contributed by atoms with van der Waals surface area (Å²) in [5.74, 6) is 0. The fraction of sp³-hybridized carbons (Fsp3) is 0.167. The summed E-state index contributed by atoms with van der Waals surface area (Å²) in [4.78, 5) is 0. The lowest BCUT2D eigenvalue weighted by molar-refractivity contribution is 1.50. The first kappa shape index (κ1) is 17.7. The molecule has 0 atom stereocenters. The molecule has 24 heavy (non-hydrogen) atoms. The molecular weight excluding hydrogens is 288 g/mol. The van der Waals surface area contributed by atoms with Crippen LogP contribution in [0.4, 0.5) is 0 Å². The quantitative estimate of drug-likeness (QED) is 0.319. The first-order valence-electron chi connectivity index (χ1n) is 8.63. The van der Waals surface area contributed by atoms with Gasteiger partial charge in [-0.25, -0.2) is 0 Å². The summed E-state index contributed by atoms with van der Waals surface area (Å²) in [5, 5.41) is 5.29. The van der Waals surface area contributed by atoms with Crippen LogP contribution in [-0.4, -0.2) is 0 Å². The molecule has 0 nitrogen and oxygen atoms in total. The van der Waals surface area contributed by atoms with E-state index in [-0.39, 0.29) is 0 Å². The smallest absolute Gasteiger partial charge is 0.0181 e. The van der Waals surface area contributed by atoms with E-state index in [0.29, 0.717) is 0 Å². The highest BCUT2D eigenvalue weighted by atomic mass is 14.0. The molecule has 0 amide bonds. The van der Waals surface area contributed by atoms with Crippen LogP contribution in [0.25, 0.3) is 21.5 Å². The number of benzene rings is 4. The largest absolute Gasteiger partial charge is 0.0683 e. The third kappa shape index (κ3) is 4.70. The molecule has 122 valence electrons. The number of fused-ring (bicyclic) bond motifs is 2. The highest BCUT2D eigenvalue weighted by molar-refractivity contribution is 5.83. The molecule has 0 radical (unpaired) electrons. The Morgan fingerprint density at radius 1 is 0.417 bits per heavy atom. The minimum Gasteiger partial charge on any atom is -0.0683 e. The second-order valence-electron chi connectivity index (χ2n) is 5.70. The highest BCUT2D eigenvalue weighted by Gasteiger charge is 1.90. The van der Waals surface area contributed by atoms with Gasteiger partial charge in [0.1, 0.15) is 0 Å². The Kier molecular flexibility index (Phi) is 6.57. The van der Waals surface area contributed by atoms with Crippen LogP contribution in [0.5, 0.6) is 0 Å². The zero-order valence-electron chi connectivity index (χ0n) is 15.1. The van der Waals surface area contributed by atoms with Crippen molar-refractivity contribution in [3.8, 4) is 0 Å². The fourth-order valence-electron chi connectivity index (χ4n) is 2.62. The Balaban J connectivity index is 0.000000158. The predicted molar refractivity (Wildman–Crippen MR) is 109 cm³/mol. The van der Waals surface area contributed by atoms with Crippen molar-refractivity contribution >= 4 is 21.5 Å². The minimum atomic E-state index is 1.32. The molecule has 0 spiro atoms. The molecule has 0 fully saturated rings. The van der Waals surface area contributed by atoms with Gasteiger partial charge in [0.15, 0.2) is 0 Å². The third-order valence-corrected chi connectivity index (χ3v) is 3.81. The van der Waals surface area contributed by atoms with Gasteiger partial charge in [0.25, 0.3) is 0 Å². The van der Waals surface area contributed by atoms with Gasteiger partial charge in [-0.3, -0.25) is 0 Å². The fourth-order valence-corrected chi connectivity index (χ4v) is 2.62. The lowest BCUT2D eigenvalue weighted by Crippen LogP contribution is -1.73. The average Bonchev–Trinajstić information content (AvgIpc) is 2.64. The van der Waals surface area contributed by atoms with E-state index in [9.17, 15) is 0 Å². The lowest BCUT2D eigenvalue weighted by Gasteiger charge is -1.96. The van der Waals surface area contributed by atoms with Crippen LogP contribution in [0.1, 0.15) is 25.0 Å². The van der Waals surface area contributed by atoms with E-state index in [1.807, 2.05) is 13.8 Å². The molecule has 0 aliphatic carbocycles. The average molecular weight is 314 g/mol.